The Morgan fingerprint density at radius 2 is 1.76 bits per heavy atom. The predicted molar refractivity (Wildman–Crippen MR) is 131 cm³/mol. The first kappa shape index (κ1) is 23.2. The molecule has 1 fully saturated rings. The van der Waals surface area contributed by atoms with E-state index in [0.717, 1.165) is 31.2 Å². The minimum atomic E-state index is -0.281. The Hall–Kier alpha value is -3.94. The molecule has 0 saturated heterocycles. The Kier molecular flexibility index (Phi) is 7.06. The molecule has 0 unspecified atom stereocenters. The Morgan fingerprint density at radius 1 is 1.03 bits per heavy atom. The summed E-state index contributed by atoms with van der Waals surface area (Å²) in [5.41, 5.74) is 1.50. The molecule has 8 heteroatoms. The van der Waals surface area contributed by atoms with E-state index in [1.807, 2.05) is 42.5 Å². The van der Waals surface area contributed by atoms with E-state index in [0.29, 0.717) is 22.8 Å². The van der Waals surface area contributed by atoms with Gasteiger partial charge >= 0.3 is 0 Å². The standard InChI is InChI=1S/C25H25N5O3.CH4/c31-22-15-19(27-25-28-23(29-30(22)25)17-9-3-1-4-10-17)16-33-21-14-8-7-13-20(21)24(32)26-18-11-5-2-6-12-18;/h1,3-4,7-10,13-15,18H,2,5-6,11-12,16H2,(H,26,32)(H,27,28,29);1H4. The van der Waals surface area contributed by atoms with Crippen molar-refractivity contribution in [3.05, 3.63) is 82.3 Å². The van der Waals surface area contributed by atoms with Crippen molar-refractivity contribution in [3.8, 4) is 17.1 Å². The van der Waals surface area contributed by atoms with E-state index in [4.69, 9.17) is 4.74 Å². The second kappa shape index (κ2) is 10.3. The molecular weight excluding hydrogens is 430 g/mol. The number of fused-ring (bicyclic) bond motifs is 1. The molecular formula is C26H29N5O3. The third kappa shape index (κ3) is 5.01. The smallest absolute Gasteiger partial charge is 0.274 e. The molecule has 1 saturated carbocycles. The van der Waals surface area contributed by atoms with E-state index in [1.54, 1.807) is 12.1 Å². The van der Waals surface area contributed by atoms with Gasteiger partial charge in [0.25, 0.3) is 17.2 Å². The van der Waals surface area contributed by atoms with Crippen LogP contribution in [0.25, 0.3) is 17.2 Å². The Bertz CT molecular complexity index is 1320. The molecule has 2 N–H and O–H groups in total. The number of aromatic nitrogens is 4. The summed E-state index contributed by atoms with van der Waals surface area (Å²) in [4.78, 5) is 34.3. The van der Waals surface area contributed by atoms with Gasteiger partial charge in [-0.15, -0.1) is 0 Å². The van der Waals surface area contributed by atoms with Crippen LogP contribution < -0.4 is 15.6 Å². The number of H-pyrrole nitrogens is 1. The fourth-order valence-corrected chi connectivity index (χ4v) is 4.17. The summed E-state index contributed by atoms with van der Waals surface area (Å²) in [6.45, 7) is 0.0486. The summed E-state index contributed by atoms with van der Waals surface area (Å²) in [7, 11) is 0. The number of ether oxygens (including phenoxy) is 1. The van der Waals surface area contributed by atoms with Gasteiger partial charge < -0.3 is 10.1 Å². The maximum atomic E-state index is 12.8. The number of rotatable bonds is 6. The van der Waals surface area contributed by atoms with Crippen LogP contribution in [-0.2, 0) is 6.61 Å². The van der Waals surface area contributed by atoms with Crippen molar-refractivity contribution in [3.63, 3.8) is 0 Å². The van der Waals surface area contributed by atoms with E-state index in [1.165, 1.54) is 17.0 Å². The summed E-state index contributed by atoms with van der Waals surface area (Å²) < 4.78 is 7.22. The molecule has 0 bridgehead atoms. The molecule has 2 heterocycles. The molecule has 0 spiro atoms. The topological polar surface area (TPSA) is 101 Å². The van der Waals surface area contributed by atoms with Crippen molar-refractivity contribution in [1.82, 2.24) is 24.9 Å². The number of para-hydroxylation sites is 1. The van der Waals surface area contributed by atoms with Crippen molar-refractivity contribution in [1.29, 1.82) is 0 Å². The van der Waals surface area contributed by atoms with E-state index in [-0.39, 0.29) is 37.3 Å². The van der Waals surface area contributed by atoms with Gasteiger partial charge in [0, 0.05) is 17.7 Å². The zero-order valence-corrected chi connectivity index (χ0v) is 18.2. The number of hydrogen-bond acceptors (Lipinski definition) is 5. The van der Waals surface area contributed by atoms with E-state index >= 15 is 0 Å². The van der Waals surface area contributed by atoms with Gasteiger partial charge in [-0.25, -0.2) is 4.98 Å². The second-order valence-electron chi connectivity index (χ2n) is 8.25. The van der Waals surface area contributed by atoms with E-state index in [2.05, 4.69) is 20.4 Å². The lowest BCUT2D eigenvalue weighted by atomic mass is 9.95. The average Bonchev–Trinajstić information content (AvgIpc) is 3.29. The maximum Gasteiger partial charge on any atom is 0.274 e. The lowest BCUT2D eigenvalue weighted by Gasteiger charge is -2.23. The normalized spacial score (nSPS) is 13.9. The molecule has 1 aliphatic rings. The maximum absolute atomic E-state index is 12.8. The summed E-state index contributed by atoms with van der Waals surface area (Å²) in [5.74, 6) is 1.15. The third-order valence-corrected chi connectivity index (χ3v) is 5.88. The van der Waals surface area contributed by atoms with Crippen molar-refractivity contribution < 1.29 is 9.53 Å². The Morgan fingerprint density at radius 3 is 2.56 bits per heavy atom. The van der Waals surface area contributed by atoms with Crippen molar-refractivity contribution in [2.75, 3.05) is 0 Å². The van der Waals surface area contributed by atoms with Gasteiger partial charge in [0.2, 0.25) is 0 Å². The van der Waals surface area contributed by atoms with Gasteiger partial charge in [-0.2, -0.15) is 9.50 Å². The molecule has 176 valence electrons. The summed E-state index contributed by atoms with van der Waals surface area (Å²) >= 11 is 0. The number of aromatic amines is 1. The van der Waals surface area contributed by atoms with Crippen LogP contribution in [0.3, 0.4) is 0 Å². The molecule has 2 aromatic heterocycles. The van der Waals surface area contributed by atoms with Crippen LogP contribution in [0.1, 0.15) is 55.6 Å². The first-order chi connectivity index (χ1) is 16.2. The molecule has 2 aromatic carbocycles. The molecule has 4 aromatic rings. The van der Waals surface area contributed by atoms with Crippen LogP contribution in [0.15, 0.2) is 65.5 Å². The van der Waals surface area contributed by atoms with Crippen LogP contribution in [0.4, 0.5) is 0 Å². The van der Waals surface area contributed by atoms with Crippen molar-refractivity contribution in [2.24, 2.45) is 0 Å². The highest BCUT2D eigenvalue weighted by atomic mass is 16.5. The van der Waals surface area contributed by atoms with Crippen LogP contribution >= 0.6 is 0 Å². The van der Waals surface area contributed by atoms with Crippen molar-refractivity contribution in [2.45, 2.75) is 52.2 Å². The number of nitrogens with zero attached hydrogens (tertiary/aromatic N) is 3. The molecule has 0 aliphatic heterocycles. The number of benzene rings is 2. The van der Waals surface area contributed by atoms with E-state index < -0.39 is 0 Å². The fourth-order valence-electron chi connectivity index (χ4n) is 4.17. The summed E-state index contributed by atoms with van der Waals surface area (Å²) in [6, 6.07) is 18.3. The molecule has 34 heavy (non-hydrogen) atoms. The summed E-state index contributed by atoms with van der Waals surface area (Å²) in [5, 5.41) is 6.10. The highest BCUT2D eigenvalue weighted by Gasteiger charge is 2.19. The van der Waals surface area contributed by atoms with Crippen LogP contribution in [0.2, 0.25) is 0 Å². The Labute approximate surface area is 198 Å². The molecule has 5 rings (SSSR count). The van der Waals surface area contributed by atoms with E-state index in [9.17, 15) is 9.59 Å². The van der Waals surface area contributed by atoms with Crippen LogP contribution in [0, 0.1) is 0 Å². The van der Waals surface area contributed by atoms with Crippen LogP contribution in [0.5, 0.6) is 5.75 Å². The number of carbonyl (C=O) groups excluding carboxylic acids is 1. The number of amides is 1. The Balaban J connectivity index is 0.00000274. The fraction of sp³-hybridized carbons (Fsp3) is 0.308. The monoisotopic (exact) mass is 459 g/mol. The zero-order valence-electron chi connectivity index (χ0n) is 18.2. The highest BCUT2D eigenvalue weighted by molar-refractivity contribution is 5.97. The quantitative estimate of drug-likeness (QED) is 0.446. The van der Waals surface area contributed by atoms with Gasteiger partial charge in [-0.3, -0.25) is 14.7 Å². The highest BCUT2D eigenvalue weighted by Crippen LogP contribution is 2.22. The molecule has 1 amide bonds. The molecule has 8 nitrogen and oxygen atoms in total. The number of nitrogens with one attached hydrogen (secondary N) is 2. The third-order valence-electron chi connectivity index (χ3n) is 5.88. The van der Waals surface area contributed by atoms with Gasteiger partial charge in [-0.1, -0.05) is 69.2 Å². The number of hydrogen-bond donors (Lipinski definition) is 2. The van der Waals surface area contributed by atoms with Gasteiger partial charge in [0.1, 0.15) is 12.4 Å². The lowest BCUT2D eigenvalue weighted by Crippen LogP contribution is -2.36. The molecule has 0 atom stereocenters. The SMILES string of the molecule is C.O=C(NC1CCCCC1)c1ccccc1OCc1cc(=O)n2[nH]c(-c3ccccc3)nc2n1. The minimum absolute atomic E-state index is 0. The minimum Gasteiger partial charge on any atom is -0.486 e. The van der Waals surface area contributed by atoms with Crippen molar-refractivity contribution >= 4 is 11.7 Å². The first-order valence-corrected chi connectivity index (χ1v) is 11.2. The molecule has 1 aliphatic carbocycles. The predicted octanol–water partition coefficient (Wildman–Crippen LogP) is 4.36. The van der Waals surface area contributed by atoms with Crippen LogP contribution in [-0.4, -0.2) is 31.5 Å². The van der Waals surface area contributed by atoms with Gasteiger partial charge in [0.05, 0.1) is 11.3 Å². The van der Waals surface area contributed by atoms with Gasteiger partial charge in [0.15, 0.2) is 5.82 Å². The molecule has 0 radical (unpaired) electrons. The summed E-state index contributed by atoms with van der Waals surface area (Å²) in [6.07, 6.45) is 5.54. The first-order valence-electron chi connectivity index (χ1n) is 11.2. The zero-order chi connectivity index (χ0) is 22.6. The largest absolute Gasteiger partial charge is 0.486 e. The second-order valence-corrected chi connectivity index (χ2v) is 8.25. The number of carbonyl (C=O) groups is 1. The lowest BCUT2D eigenvalue weighted by molar-refractivity contribution is 0.0923. The average molecular weight is 460 g/mol. The van der Waals surface area contributed by atoms with Gasteiger partial charge in [-0.05, 0) is 25.0 Å².